The van der Waals surface area contributed by atoms with Crippen LogP contribution in [0.3, 0.4) is 0 Å². The van der Waals surface area contributed by atoms with Crippen molar-refractivity contribution >= 4 is 28.6 Å². The van der Waals surface area contributed by atoms with Gasteiger partial charge in [-0.15, -0.1) is 11.3 Å². The first-order valence-corrected chi connectivity index (χ1v) is 6.01. The van der Waals surface area contributed by atoms with Crippen LogP contribution in [0, 0.1) is 0 Å². The van der Waals surface area contributed by atoms with Gasteiger partial charge in [0.05, 0.1) is 4.88 Å². The van der Waals surface area contributed by atoms with Crippen molar-refractivity contribution < 1.29 is 4.79 Å². The Morgan fingerprint density at radius 2 is 2.29 bits per heavy atom. The first kappa shape index (κ1) is 9.43. The standard InChI is InChI=1S/C10H9NOS2/c12-10(9-2-1-4-14-9)11-6-8-3-5-13-7-8/h1-5,7H,6H2,(H,11,12). The van der Waals surface area contributed by atoms with Crippen molar-refractivity contribution in [3.05, 3.63) is 44.8 Å². The Kier molecular flexibility index (Phi) is 2.96. The molecule has 0 aromatic carbocycles. The quantitative estimate of drug-likeness (QED) is 0.851. The van der Waals surface area contributed by atoms with E-state index in [4.69, 9.17) is 0 Å². The number of amides is 1. The summed E-state index contributed by atoms with van der Waals surface area (Å²) in [5.41, 5.74) is 1.15. The van der Waals surface area contributed by atoms with Crippen molar-refractivity contribution in [2.45, 2.75) is 6.54 Å². The van der Waals surface area contributed by atoms with E-state index in [0.29, 0.717) is 6.54 Å². The Morgan fingerprint density at radius 1 is 1.36 bits per heavy atom. The van der Waals surface area contributed by atoms with Gasteiger partial charge >= 0.3 is 0 Å². The van der Waals surface area contributed by atoms with Gasteiger partial charge in [0.25, 0.3) is 5.91 Å². The van der Waals surface area contributed by atoms with Crippen LogP contribution in [0.2, 0.25) is 0 Å². The predicted molar refractivity (Wildman–Crippen MR) is 59.8 cm³/mol. The predicted octanol–water partition coefficient (Wildman–Crippen LogP) is 2.74. The van der Waals surface area contributed by atoms with Gasteiger partial charge in [-0.1, -0.05) is 6.07 Å². The molecule has 4 heteroatoms. The first-order chi connectivity index (χ1) is 6.86. The zero-order valence-corrected chi connectivity index (χ0v) is 9.03. The summed E-state index contributed by atoms with van der Waals surface area (Å²) in [4.78, 5) is 12.3. The molecule has 0 atom stereocenters. The molecule has 14 heavy (non-hydrogen) atoms. The summed E-state index contributed by atoms with van der Waals surface area (Å²) in [6.45, 7) is 0.611. The Morgan fingerprint density at radius 3 is 2.93 bits per heavy atom. The lowest BCUT2D eigenvalue weighted by molar-refractivity contribution is 0.0955. The fraction of sp³-hybridized carbons (Fsp3) is 0.100. The summed E-state index contributed by atoms with van der Waals surface area (Å²) < 4.78 is 0. The lowest BCUT2D eigenvalue weighted by Crippen LogP contribution is -2.21. The maximum Gasteiger partial charge on any atom is 0.261 e. The average molecular weight is 223 g/mol. The van der Waals surface area contributed by atoms with E-state index in [1.165, 1.54) is 11.3 Å². The fourth-order valence-corrected chi connectivity index (χ4v) is 2.38. The monoisotopic (exact) mass is 223 g/mol. The normalized spacial score (nSPS) is 10.0. The van der Waals surface area contributed by atoms with Crippen molar-refractivity contribution in [1.82, 2.24) is 5.32 Å². The summed E-state index contributed by atoms with van der Waals surface area (Å²) in [6, 6.07) is 5.72. The highest BCUT2D eigenvalue weighted by molar-refractivity contribution is 7.12. The van der Waals surface area contributed by atoms with Gasteiger partial charge in [0.2, 0.25) is 0 Å². The number of carbonyl (C=O) groups excluding carboxylic acids is 1. The topological polar surface area (TPSA) is 29.1 Å². The second kappa shape index (κ2) is 4.39. The van der Waals surface area contributed by atoms with E-state index in [2.05, 4.69) is 5.32 Å². The van der Waals surface area contributed by atoms with Crippen molar-refractivity contribution in [3.63, 3.8) is 0 Å². The molecule has 0 fully saturated rings. The smallest absolute Gasteiger partial charge is 0.261 e. The molecule has 0 aliphatic rings. The van der Waals surface area contributed by atoms with Crippen molar-refractivity contribution in [1.29, 1.82) is 0 Å². The van der Waals surface area contributed by atoms with E-state index in [-0.39, 0.29) is 5.91 Å². The van der Waals surface area contributed by atoms with Gasteiger partial charge in [-0.2, -0.15) is 11.3 Å². The average Bonchev–Trinajstić information content (AvgIpc) is 2.87. The highest BCUT2D eigenvalue weighted by Crippen LogP contribution is 2.09. The molecule has 2 nitrogen and oxygen atoms in total. The molecular formula is C10H9NOS2. The van der Waals surface area contributed by atoms with Crippen molar-refractivity contribution in [2.75, 3.05) is 0 Å². The first-order valence-electron chi connectivity index (χ1n) is 4.19. The minimum absolute atomic E-state index is 0.00574. The third-order valence-corrected chi connectivity index (χ3v) is 3.38. The van der Waals surface area contributed by atoms with Crippen LogP contribution in [-0.2, 0) is 6.54 Å². The number of nitrogens with one attached hydrogen (secondary N) is 1. The second-order valence-corrected chi connectivity index (χ2v) is 4.52. The van der Waals surface area contributed by atoms with Gasteiger partial charge < -0.3 is 5.32 Å². The molecule has 0 saturated carbocycles. The van der Waals surface area contributed by atoms with E-state index in [1.54, 1.807) is 11.3 Å². The van der Waals surface area contributed by atoms with Crippen LogP contribution in [0.1, 0.15) is 15.2 Å². The van der Waals surface area contributed by atoms with Gasteiger partial charge in [-0.25, -0.2) is 0 Å². The van der Waals surface area contributed by atoms with Crippen LogP contribution < -0.4 is 5.32 Å². The SMILES string of the molecule is O=C(NCc1ccsc1)c1cccs1. The molecule has 1 amide bonds. The van der Waals surface area contributed by atoms with E-state index in [1.807, 2.05) is 34.3 Å². The van der Waals surface area contributed by atoms with E-state index < -0.39 is 0 Å². The molecule has 0 saturated heterocycles. The van der Waals surface area contributed by atoms with Crippen LogP contribution in [0.25, 0.3) is 0 Å². The molecule has 2 aromatic rings. The van der Waals surface area contributed by atoms with Crippen LogP contribution in [0.5, 0.6) is 0 Å². The molecule has 0 radical (unpaired) electrons. The fourth-order valence-electron chi connectivity index (χ4n) is 1.07. The highest BCUT2D eigenvalue weighted by Gasteiger charge is 2.05. The molecule has 0 aliphatic carbocycles. The van der Waals surface area contributed by atoms with Crippen LogP contribution in [-0.4, -0.2) is 5.91 Å². The molecule has 1 N–H and O–H groups in total. The third-order valence-electron chi connectivity index (χ3n) is 1.78. The highest BCUT2D eigenvalue weighted by atomic mass is 32.1. The van der Waals surface area contributed by atoms with Crippen molar-refractivity contribution in [2.24, 2.45) is 0 Å². The molecule has 72 valence electrons. The number of carbonyl (C=O) groups is 1. The number of hydrogen-bond acceptors (Lipinski definition) is 3. The summed E-state index contributed by atoms with van der Waals surface area (Å²) in [5.74, 6) is 0.00574. The lowest BCUT2D eigenvalue weighted by atomic mass is 10.3. The van der Waals surface area contributed by atoms with E-state index >= 15 is 0 Å². The van der Waals surface area contributed by atoms with Gasteiger partial charge in [0.1, 0.15) is 0 Å². The Labute approximate surface area is 90.2 Å². The zero-order chi connectivity index (χ0) is 9.80. The molecule has 0 aliphatic heterocycles. The molecule has 2 heterocycles. The van der Waals surface area contributed by atoms with E-state index in [0.717, 1.165) is 10.4 Å². The Balaban J connectivity index is 1.90. The van der Waals surface area contributed by atoms with E-state index in [9.17, 15) is 4.79 Å². The Bertz CT molecular complexity index is 392. The van der Waals surface area contributed by atoms with Crippen molar-refractivity contribution in [3.8, 4) is 0 Å². The number of hydrogen-bond donors (Lipinski definition) is 1. The number of thiophene rings is 2. The second-order valence-electron chi connectivity index (χ2n) is 2.79. The summed E-state index contributed by atoms with van der Waals surface area (Å²) in [7, 11) is 0. The molecule has 2 aromatic heterocycles. The summed E-state index contributed by atoms with van der Waals surface area (Å²) in [6.07, 6.45) is 0. The van der Waals surface area contributed by atoms with Gasteiger partial charge in [0, 0.05) is 6.54 Å². The number of rotatable bonds is 3. The third kappa shape index (κ3) is 2.21. The van der Waals surface area contributed by atoms with Crippen LogP contribution in [0.4, 0.5) is 0 Å². The van der Waals surface area contributed by atoms with Gasteiger partial charge in [-0.05, 0) is 33.8 Å². The lowest BCUT2D eigenvalue weighted by Gasteiger charge is -2.00. The molecule has 0 bridgehead atoms. The molecule has 2 rings (SSSR count). The Hall–Kier alpha value is -1.13. The zero-order valence-electron chi connectivity index (χ0n) is 7.40. The molecule has 0 spiro atoms. The van der Waals surface area contributed by atoms with Crippen LogP contribution in [0.15, 0.2) is 34.3 Å². The summed E-state index contributed by atoms with van der Waals surface area (Å²) >= 11 is 3.10. The minimum Gasteiger partial charge on any atom is -0.347 e. The molecule has 0 unspecified atom stereocenters. The van der Waals surface area contributed by atoms with Crippen LogP contribution >= 0.6 is 22.7 Å². The largest absolute Gasteiger partial charge is 0.347 e. The minimum atomic E-state index is 0.00574. The maximum absolute atomic E-state index is 11.5. The van der Waals surface area contributed by atoms with Gasteiger partial charge in [-0.3, -0.25) is 4.79 Å². The summed E-state index contributed by atoms with van der Waals surface area (Å²) in [5, 5.41) is 8.81. The van der Waals surface area contributed by atoms with Gasteiger partial charge in [0.15, 0.2) is 0 Å². The maximum atomic E-state index is 11.5. The molecular weight excluding hydrogens is 214 g/mol.